The topological polar surface area (TPSA) is 116 Å². The van der Waals surface area contributed by atoms with Crippen LogP contribution in [0.25, 0.3) is 0 Å². The highest BCUT2D eigenvalue weighted by Crippen LogP contribution is 2.80. The van der Waals surface area contributed by atoms with E-state index in [1.807, 2.05) is 13.8 Å². The van der Waals surface area contributed by atoms with Crippen LogP contribution < -0.4 is 0 Å². The summed E-state index contributed by atoms with van der Waals surface area (Å²) in [5.74, 6) is -0.400. The summed E-state index contributed by atoms with van der Waals surface area (Å²) in [6.07, 6.45) is 0.295. The molecule has 0 aromatic rings. The molecule has 156 valence electrons. The second-order valence-electron chi connectivity index (χ2n) is 10.0. The molecule has 9 atom stereocenters. The number of esters is 1. The molecule has 2 saturated heterocycles. The van der Waals surface area contributed by atoms with Crippen molar-refractivity contribution < 1.29 is 29.2 Å². The summed E-state index contributed by atoms with van der Waals surface area (Å²) >= 11 is 0.991. The fraction of sp³-hybridized carbons (Fsp3) is 0.810. The first-order chi connectivity index (χ1) is 13.7. The number of hydrogen-bond donors (Lipinski definition) is 2. The Labute approximate surface area is 173 Å². The molecule has 2 spiro atoms. The molecule has 0 aromatic carbocycles. The molecule has 0 unspecified atom stereocenters. The Bertz CT molecular complexity index is 913. The first kappa shape index (κ1) is 18.6. The highest BCUT2D eigenvalue weighted by Gasteiger charge is 2.96. The number of rotatable bonds is 2. The molecule has 0 amide bonds. The summed E-state index contributed by atoms with van der Waals surface area (Å²) in [4.78, 5) is 12.1. The molecule has 6 rings (SSSR count). The van der Waals surface area contributed by atoms with Gasteiger partial charge in [-0.1, -0.05) is 20.8 Å². The quantitative estimate of drug-likeness (QED) is 0.391. The standard InChI is InChI=1S/C21H25NO6S/c1-9(2)19(25)15(29-8-22)14-21(28-14)18(3)5-4-10-11(7-26-16(10)23)12(18)6-13-20(21,27-13)17(19)24/h9,12-15,17,24-25H,4-7H2,1-3H3/t12-,13-,14-,15+,17+,18-,19-,20+,21+/m0/s1. The molecule has 3 aliphatic carbocycles. The van der Waals surface area contributed by atoms with Crippen LogP contribution in [0.2, 0.25) is 0 Å². The molecule has 7 nitrogen and oxygen atoms in total. The number of aliphatic hydroxyl groups excluding tert-OH is 1. The van der Waals surface area contributed by atoms with E-state index in [4.69, 9.17) is 14.2 Å². The first-order valence-corrected chi connectivity index (χ1v) is 11.3. The number of thioether (sulfide) groups is 1. The van der Waals surface area contributed by atoms with Crippen molar-refractivity contribution in [2.75, 3.05) is 6.61 Å². The van der Waals surface area contributed by atoms with E-state index >= 15 is 0 Å². The second-order valence-corrected chi connectivity index (χ2v) is 11.0. The first-order valence-electron chi connectivity index (χ1n) is 10.4. The van der Waals surface area contributed by atoms with Crippen LogP contribution in [-0.2, 0) is 19.0 Å². The Hall–Kier alpha value is -1.11. The summed E-state index contributed by atoms with van der Waals surface area (Å²) < 4.78 is 18.1. The highest BCUT2D eigenvalue weighted by atomic mass is 32.2. The molecule has 0 aromatic heterocycles. The number of carbonyl (C=O) groups is 1. The van der Waals surface area contributed by atoms with Crippen molar-refractivity contribution in [2.24, 2.45) is 17.3 Å². The maximum absolute atomic E-state index is 12.1. The Morgan fingerprint density at radius 2 is 2.10 bits per heavy atom. The monoisotopic (exact) mass is 419 g/mol. The lowest BCUT2D eigenvalue weighted by Crippen LogP contribution is -2.75. The third-order valence-corrected chi connectivity index (χ3v) is 10.0. The number of nitriles is 1. The van der Waals surface area contributed by atoms with Crippen LogP contribution in [-0.4, -0.2) is 63.2 Å². The lowest BCUT2D eigenvalue weighted by molar-refractivity contribution is -0.176. The molecule has 3 heterocycles. The van der Waals surface area contributed by atoms with Gasteiger partial charge in [0.1, 0.15) is 35.4 Å². The number of nitrogens with zero attached hydrogens (tertiary/aromatic N) is 1. The lowest BCUT2D eigenvalue weighted by Gasteiger charge is -2.57. The summed E-state index contributed by atoms with van der Waals surface area (Å²) in [5.41, 5.74) is -1.69. The summed E-state index contributed by atoms with van der Waals surface area (Å²) in [6, 6.07) is 0. The van der Waals surface area contributed by atoms with Gasteiger partial charge in [-0.05, 0) is 48.4 Å². The van der Waals surface area contributed by atoms with Crippen LogP contribution in [0.5, 0.6) is 0 Å². The molecular weight excluding hydrogens is 394 g/mol. The van der Waals surface area contributed by atoms with E-state index in [1.54, 1.807) is 0 Å². The van der Waals surface area contributed by atoms with Gasteiger partial charge in [0.25, 0.3) is 0 Å². The van der Waals surface area contributed by atoms with Gasteiger partial charge < -0.3 is 24.4 Å². The number of hydrogen-bond acceptors (Lipinski definition) is 8. The van der Waals surface area contributed by atoms with E-state index in [-0.39, 0.29) is 35.4 Å². The van der Waals surface area contributed by atoms with Crippen molar-refractivity contribution >= 4 is 17.7 Å². The van der Waals surface area contributed by atoms with Gasteiger partial charge in [0.15, 0.2) is 5.60 Å². The van der Waals surface area contributed by atoms with E-state index in [0.29, 0.717) is 19.4 Å². The van der Waals surface area contributed by atoms with Crippen LogP contribution >= 0.6 is 11.8 Å². The Balaban J connectivity index is 1.50. The van der Waals surface area contributed by atoms with Gasteiger partial charge in [-0.3, -0.25) is 0 Å². The minimum absolute atomic E-state index is 0.0773. The highest BCUT2D eigenvalue weighted by molar-refractivity contribution is 8.04. The number of carbonyl (C=O) groups excluding carboxylic acids is 1. The fourth-order valence-corrected chi connectivity index (χ4v) is 8.56. The molecule has 2 N–H and O–H groups in total. The van der Waals surface area contributed by atoms with Crippen LogP contribution in [0.1, 0.15) is 40.0 Å². The molecular formula is C21H25NO6S. The van der Waals surface area contributed by atoms with Crippen molar-refractivity contribution in [2.45, 2.75) is 80.4 Å². The molecule has 3 aliphatic heterocycles. The molecule has 8 heteroatoms. The molecule has 0 bridgehead atoms. The van der Waals surface area contributed by atoms with Crippen molar-refractivity contribution in [3.8, 4) is 5.40 Å². The Morgan fingerprint density at radius 1 is 1.34 bits per heavy atom. The van der Waals surface area contributed by atoms with Crippen LogP contribution in [0.3, 0.4) is 0 Å². The van der Waals surface area contributed by atoms with Crippen LogP contribution in [0.15, 0.2) is 11.1 Å². The predicted molar refractivity (Wildman–Crippen MR) is 101 cm³/mol. The third-order valence-electron chi connectivity index (χ3n) is 9.05. The van der Waals surface area contributed by atoms with Gasteiger partial charge in [0.05, 0.1) is 11.4 Å². The van der Waals surface area contributed by atoms with Gasteiger partial charge in [-0.15, -0.1) is 0 Å². The number of fused-ring (bicyclic) bond motifs is 2. The molecule has 6 aliphatic rings. The third kappa shape index (κ3) is 1.70. The summed E-state index contributed by atoms with van der Waals surface area (Å²) in [6.45, 7) is 6.22. The maximum atomic E-state index is 12.1. The predicted octanol–water partition coefficient (Wildman–Crippen LogP) is 1.28. The minimum Gasteiger partial charge on any atom is -0.458 e. The summed E-state index contributed by atoms with van der Waals surface area (Å²) in [5, 5.41) is 34.2. The van der Waals surface area contributed by atoms with Gasteiger partial charge in [-0.2, -0.15) is 5.26 Å². The van der Waals surface area contributed by atoms with Gasteiger partial charge >= 0.3 is 5.97 Å². The van der Waals surface area contributed by atoms with Crippen molar-refractivity contribution in [1.29, 1.82) is 5.26 Å². The SMILES string of the molecule is CC(C)[C@]1(O)[C@H](SC#N)[C@@H]2O[C@]23[C@]2(O[C@H]2C[C@H]2C4=C(CC[C@@]23C)C(=O)OC4)[C@@H]1O. The van der Waals surface area contributed by atoms with Gasteiger partial charge in [0.2, 0.25) is 0 Å². The largest absolute Gasteiger partial charge is 0.458 e. The molecule has 0 radical (unpaired) electrons. The van der Waals surface area contributed by atoms with Crippen LogP contribution in [0, 0.1) is 27.9 Å². The number of cyclic esters (lactones) is 1. The van der Waals surface area contributed by atoms with Crippen molar-refractivity contribution in [3.05, 3.63) is 11.1 Å². The zero-order valence-corrected chi connectivity index (χ0v) is 17.5. The number of epoxide rings is 2. The van der Waals surface area contributed by atoms with E-state index in [0.717, 1.165) is 29.3 Å². The molecule has 2 saturated carbocycles. The fourth-order valence-electron chi connectivity index (χ4n) is 7.48. The van der Waals surface area contributed by atoms with Crippen LogP contribution in [0.4, 0.5) is 0 Å². The Kier molecular flexibility index (Phi) is 3.34. The minimum atomic E-state index is -1.48. The van der Waals surface area contributed by atoms with E-state index in [9.17, 15) is 20.3 Å². The lowest BCUT2D eigenvalue weighted by atomic mass is 9.46. The zero-order chi connectivity index (χ0) is 20.6. The van der Waals surface area contributed by atoms with Gasteiger partial charge in [-0.25, -0.2) is 4.79 Å². The van der Waals surface area contributed by atoms with Crippen molar-refractivity contribution in [1.82, 2.24) is 0 Å². The Morgan fingerprint density at radius 3 is 2.79 bits per heavy atom. The van der Waals surface area contributed by atoms with E-state index < -0.39 is 28.2 Å². The normalized spacial score (nSPS) is 56.4. The number of aliphatic hydroxyl groups is 2. The maximum Gasteiger partial charge on any atom is 0.334 e. The smallest absolute Gasteiger partial charge is 0.334 e. The average Bonchev–Trinajstić information content (AvgIpc) is 3.56. The van der Waals surface area contributed by atoms with Crippen molar-refractivity contribution in [3.63, 3.8) is 0 Å². The number of thiocyanates is 1. The second kappa shape index (κ2) is 5.20. The summed E-state index contributed by atoms with van der Waals surface area (Å²) in [7, 11) is 0. The molecule has 4 fully saturated rings. The van der Waals surface area contributed by atoms with E-state index in [2.05, 4.69) is 12.3 Å². The van der Waals surface area contributed by atoms with E-state index in [1.165, 1.54) is 0 Å². The van der Waals surface area contributed by atoms with Gasteiger partial charge in [0, 0.05) is 11.0 Å². The number of ether oxygens (including phenoxy) is 3. The zero-order valence-electron chi connectivity index (χ0n) is 16.7. The average molecular weight is 419 g/mol. The molecule has 29 heavy (non-hydrogen) atoms.